The molecule has 1 aliphatic heterocycles. The van der Waals surface area contributed by atoms with Crippen LogP contribution in [-0.2, 0) is 9.31 Å². The van der Waals surface area contributed by atoms with E-state index in [4.69, 9.17) is 24.3 Å². The monoisotopic (exact) mass is 663 g/mol. The second-order valence-corrected chi connectivity index (χ2v) is 14.0. The van der Waals surface area contributed by atoms with E-state index >= 15 is 0 Å². The average Bonchev–Trinajstić information content (AvgIpc) is 3.41. The maximum absolute atomic E-state index is 6.45. The van der Waals surface area contributed by atoms with Gasteiger partial charge in [-0.1, -0.05) is 140 Å². The summed E-state index contributed by atoms with van der Waals surface area (Å²) in [6, 6.07) is 54.3. The Kier molecular flexibility index (Phi) is 8.43. The number of aromatic nitrogens is 3. The van der Waals surface area contributed by atoms with Crippen molar-refractivity contribution in [3.63, 3.8) is 0 Å². The number of hydrogen-bond donors (Lipinski definition) is 0. The first-order chi connectivity index (χ1) is 24.7. The molecule has 0 unspecified atom stereocenters. The summed E-state index contributed by atoms with van der Waals surface area (Å²) >= 11 is 0. The zero-order valence-corrected chi connectivity index (χ0v) is 29.2. The highest BCUT2D eigenvalue weighted by atomic mass is 16.7. The highest BCUT2D eigenvalue weighted by Gasteiger charge is 2.51. The van der Waals surface area contributed by atoms with Gasteiger partial charge in [0.1, 0.15) is 0 Å². The normalized spacial score (nSPS) is 14.8. The lowest BCUT2D eigenvalue weighted by Crippen LogP contribution is -2.41. The maximum Gasteiger partial charge on any atom is 0.494 e. The van der Waals surface area contributed by atoms with Gasteiger partial charge in [-0.15, -0.1) is 0 Å². The molecule has 0 aliphatic carbocycles. The lowest BCUT2D eigenvalue weighted by atomic mass is 9.78. The third-order valence-electron chi connectivity index (χ3n) is 9.96. The first kappa shape index (κ1) is 32.5. The fourth-order valence-electron chi connectivity index (χ4n) is 6.46. The molecule has 6 heteroatoms. The summed E-state index contributed by atoms with van der Waals surface area (Å²) in [5.74, 6) is 1.85. The molecule has 1 fully saturated rings. The van der Waals surface area contributed by atoms with E-state index < -0.39 is 18.3 Å². The maximum atomic E-state index is 6.45. The van der Waals surface area contributed by atoms with Gasteiger partial charge in [0.05, 0.1) is 11.2 Å². The van der Waals surface area contributed by atoms with Crippen LogP contribution in [0.1, 0.15) is 27.7 Å². The van der Waals surface area contributed by atoms with Gasteiger partial charge in [0.2, 0.25) is 0 Å². The minimum absolute atomic E-state index is 0.437. The summed E-state index contributed by atoms with van der Waals surface area (Å²) in [6.45, 7) is 8.33. The topological polar surface area (TPSA) is 57.1 Å². The molecule has 0 N–H and O–H groups in total. The molecule has 0 bridgehead atoms. The van der Waals surface area contributed by atoms with Crippen molar-refractivity contribution >= 4 is 12.6 Å². The van der Waals surface area contributed by atoms with Crippen LogP contribution < -0.4 is 5.46 Å². The molecule has 0 atom stereocenters. The zero-order valence-electron chi connectivity index (χ0n) is 29.2. The van der Waals surface area contributed by atoms with Gasteiger partial charge in [-0.05, 0) is 84.7 Å². The molecular formula is C45H38BN3O2. The molecule has 6 aromatic carbocycles. The molecule has 0 saturated carbocycles. The molecular weight excluding hydrogens is 625 g/mol. The Morgan fingerprint density at radius 1 is 0.373 bits per heavy atom. The molecule has 7 aromatic rings. The molecule has 8 rings (SSSR count). The summed E-state index contributed by atoms with van der Waals surface area (Å²) in [5.41, 5.74) is 9.41. The molecule has 51 heavy (non-hydrogen) atoms. The van der Waals surface area contributed by atoms with Crippen LogP contribution in [0.3, 0.4) is 0 Å². The lowest BCUT2D eigenvalue weighted by molar-refractivity contribution is 0.00578. The molecule has 248 valence electrons. The Bertz CT molecular complexity index is 2250. The molecule has 1 aliphatic rings. The minimum Gasteiger partial charge on any atom is -0.399 e. The molecule has 1 aromatic heterocycles. The van der Waals surface area contributed by atoms with Gasteiger partial charge < -0.3 is 9.31 Å². The van der Waals surface area contributed by atoms with Crippen molar-refractivity contribution in [2.45, 2.75) is 38.9 Å². The van der Waals surface area contributed by atoms with Crippen LogP contribution in [0.2, 0.25) is 0 Å². The van der Waals surface area contributed by atoms with Gasteiger partial charge in [-0.3, -0.25) is 0 Å². The summed E-state index contributed by atoms with van der Waals surface area (Å²) in [6.07, 6.45) is 0. The van der Waals surface area contributed by atoms with E-state index in [1.165, 1.54) is 0 Å². The van der Waals surface area contributed by atoms with Crippen LogP contribution in [0.4, 0.5) is 0 Å². The quantitative estimate of drug-likeness (QED) is 0.159. The Hall–Kier alpha value is -5.69. The van der Waals surface area contributed by atoms with Gasteiger partial charge in [-0.2, -0.15) is 0 Å². The van der Waals surface area contributed by atoms with E-state index in [2.05, 4.69) is 119 Å². The van der Waals surface area contributed by atoms with Gasteiger partial charge in [-0.25, -0.2) is 15.0 Å². The average molecular weight is 664 g/mol. The van der Waals surface area contributed by atoms with Crippen molar-refractivity contribution in [3.05, 3.63) is 158 Å². The molecule has 2 heterocycles. The van der Waals surface area contributed by atoms with E-state index in [1.54, 1.807) is 0 Å². The fraction of sp³-hybridized carbons (Fsp3) is 0.133. The van der Waals surface area contributed by atoms with Gasteiger partial charge in [0, 0.05) is 16.7 Å². The van der Waals surface area contributed by atoms with Crippen molar-refractivity contribution in [2.24, 2.45) is 0 Å². The Morgan fingerprint density at radius 3 is 1.33 bits per heavy atom. The number of rotatable bonds is 7. The van der Waals surface area contributed by atoms with Crippen LogP contribution in [0.5, 0.6) is 0 Å². The number of benzene rings is 6. The van der Waals surface area contributed by atoms with Gasteiger partial charge in [0.15, 0.2) is 17.5 Å². The Balaban J connectivity index is 1.33. The predicted octanol–water partition coefficient (Wildman–Crippen LogP) is 10.2. The second kappa shape index (κ2) is 13.2. The molecule has 0 amide bonds. The summed E-state index contributed by atoms with van der Waals surface area (Å²) in [4.78, 5) is 15.1. The number of hydrogen-bond acceptors (Lipinski definition) is 5. The zero-order chi connectivity index (χ0) is 35.0. The summed E-state index contributed by atoms with van der Waals surface area (Å²) in [5, 5.41) is 0. The molecule has 1 saturated heterocycles. The SMILES string of the molecule is CC1(C)OB(c2cccc(-c3cc(-c4nc(-c5ccccc5)nc(-c5ccccc5)n4)cc(-c4ccccc4-c4ccccc4)c3)c2)OC1(C)C. The molecule has 5 nitrogen and oxygen atoms in total. The Morgan fingerprint density at radius 2 is 0.784 bits per heavy atom. The highest BCUT2D eigenvalue weighted by Crippen LogP contribution is 2.39. The second-order valence-electron chi connectivity index (χ2n) is 14.0. The summed E-state index contributed by atoms with van der Waals surface area (Å²) in [7, 11) is -0.471. The van der Waals surface area contributed by atoms with Crippen molar-refractivity contribution < 1.29 is 9.31 Å². The third kappa shape index (κ3) is 6.52. The predicted molar refractivity (Wildman–Crippen MR) is 208 cm³/mol. The lowest BCUT2D eigenvalue weighted by Gasteiger charge is -2.32. The molecule has 0 spiro atoms. The highest BCUT2D eigenvalue weighted by molar-refractivity contribution is 6.62. The van der Waals surface area contributed by atoms with E-state index in [9.17, 15) is 0 Å². The van der Waals surface area contributed by atoms with E-state index in [0.717, 1.165) is 55.5 Å². The van der Waals surface area contributed by atoms with Crippen molar-refractivity contribution in [1.29, 1.82) is 0 Å². The third-order valence-corrected chi connectivity index (χ3v) is 9.96. The number of nitrogens with zero attached hydrogens (tertiary/aromatic N) is 3. The first-order valence-corrected chi connectivity index (χ1v) is 17.4. The Labute approximate surface area is 300 Å². The standard InChI is InChI=1S/C45H38BN3O2/c1-44(2)45(3,4)51-46(50-44)38-24-16-23-34(30-38)35-27-36(40-26-15-14-25-39(40)31-17-8-5-9-18-31)29-37(28-35)43-48-41(32-19-10-6-11-20-32)47-42(49-43)33-21-12-7-13-22-33/h5-30H,1-4H3. The van der Waals surface area contributed by atoms with Gasteiger partial charge >= 0.3 is 7.12 Å². The van der Waals surface area contributed by atoms with Crippen molar-refractivity contribution in [2.75, 3.05) is 0 Å². The molecule has 0 radical (unpaired) electrons. The van der Waals surface area contributed by atoms with Crippen molar-refractivity contribution in [3.8, 4) is 67.5 Å². The fourth-order valence-corrected chi connectivity index (χ4v) is 6.46. The van der Waals surface area contributed by atoms with Crippen LogP contribution in [0.15, 0.2) is 158 Å². The minimum atomic E-state index is -0.471. The van der Waals surface area contributed by atoms with Crippen LogP contribution >= 0.6 is 0 Å². The van der Waals surface area contributed by atoms with Crippen LogP contribution in [0.25, 0.3) is 67.5 Å². The van der Waals surface area contributed by atoms with E-state index in [1.807, 2.05) is 66.7 Å². The summed E-state index contributed by atoms with van der Waals surface area (Å²) < 4.78 is 12.9. The first-order valence-electron chi connectivity index (χ1n) is 17.4. The smallest absolute Gasteiger partial charge is 0.399 e. The van der Waals surface area contributed by atoms with Crippen LogP contribution in [0, 0.1) is 0 Å². The van der Waals surface area contributed by atoms with E-state index in [-0.39, 0.29) is 0 Å². The van der Waals surface area contributed by atoms with Gasteiger partial charge in [0.25, 0.3) is 0 Å². The van der Waals surface area contributed by atoms with Crippen LogP contribution in [-0.4, -0.2) is 33.3 Å². The van der Waals surface area contributed by atoms with Crippen molar-refractivity contribution in [1.82, 2.24) is 15.0 Å². The van der Waals surface area contributed by atoms with E-state index in [0.29, 0.717) is 17.5 Å². The largest absolute Gasteiger partial charge is 0.494 e.